The summed E-state index contributed by atoms with van der Waals surface area (Å²) < 4.78 is 0.924. The Hall–Kier alpha value is -1.10. The van der Waals surface area contributed by atoms with E-state index in [1.165, 1.54) is 0 Å². The molecular weight excluding hydrogens is 234 g/mol. The maximum Gasteiger partial charge on any atom is 0.219 e. The minimum atomic E-state index is -0.315. The van der Waals surface area contributed by atoms with Crippen LogP contribution in [-0.4, -0.2) is 17.4 Å². The van der Waals surface area contributed by atoms with Crippen LogP contribution in [0.1, 0.15) is 6.42 Å². The molecule has 0 fully saturated rings. The van der Waals surface area contributed by atoms with Gasteiger partial charge >= 0.3 is 0 Å². The van der Waals surface area contributed by atoms with Crippen LogP contribution >= 0.6 is 15.9 Å². The number of nitrogens with zero attached hydrogens (tertiary/aromatic N) is 1. The Balaban J connectivity index is 2.37. The molecule has 0 atom stereocenters. The lowest BCUT2D eigenvalue weighted by molar-refractivity contribution is -0.117. The summed E-state index contributed by atoms with van der Waals surface area (Å²) in [6.07, 6.45) is 2.00. The summed E-state index contributed by atoms with van der Waals surface area (Å²) in [7, 11) is 0. The molecule has 0 spiro atoms. The zero-order valence-corrected chi connectivity index (χ0v) is 8.54. The Kier molecular flexibility index (Phi) is 3.70. The molecule has 0 saturated heterocycles. The Morgan fingerprint density at radius 3 is 2.92 bits per heavy atom. The van der Waals surface area contributed by atoms with Gasteiger partial charge in [0.25, 0.3) is 0 Å². The third kappa shape index (κ3) is 3.89. The smallest absolute Gasteiger partial charge is 0.219 e. The van der Waals surface area contributed by atoms with Crippen molar-refractivity contribution < 1.29 is 4.79 Å². The maximum atomic E-state index is 10.4. The number of aromatic nitrogens is 1. The molecule has 0 unspecified atom stereocenters. The number of rotatable bonds is 4. The third-order valence-corrected chi connectivity index (χ3v) is 1.87. The molecule has 0 bridgehead atoms. The fourth-order valence-electron chi connectivity index (χ4n) is 0.794. The van der Waals surface area contributed by atoms with Gasteiger partial charge in [0.05, 0.1) is 0 Å². The van der Waals surface area contributed by atoms with Crippen molar-refractivity contribution >= 4 is 27.7 Å². The zero-order chi connectivity index (χ0) is 9.68. The molecule has 0 saturated carbocycles. The van der Waals surface area contributed by atoms with Gasteiger partial charge in [-0.25, -0.2) is 4.98 Å². The first-order valence-corrected chi connectivity index (χ1v) is 4.61. The van der Waals surface area contributed by atoms with Gasteiger partial charge in [0.15, 0.2) is 0 Å². The monoisotopic (exact) mass is 243 g/mol. The van der Waals surface area contributed by atoms with E-state index >= 15 is 0 Å². The van der Waals surface area contributed by atoms with E-state index in [-0.39, 0.29) is 5.91 Å². The van der Waals surface area contributed by atoms with Gasteiger partial charge < -0.3 is 11.1 Å². The molecule has 0 aliphatic rings. The first-order chi connectivity index (χ1) is 6.18. The van der Waals surface area contributed by atoms with Crippen LogP contribution in [0.2, 0.25) is 0 Å². The van der Waals surface area contributed by atoms with Crippen molar-refractivity contribution in [2.45, 2.75) is 6.42 Å². The van der Waals surface area contributed by atoms with E-state index < -0.39 is 0 Å². The van der Waals surface area contributed by atoms with Gasteiger partial charge in [0.2, 0.25) is 5.91 Å². The highest BCUT2D eigenvalue weighted by Gasteiger charge is 1.95. The number of halogens is 1. The number of pyridine rings is 1. The molecule has 13 heavy (non-hydrogen) atoms. The number of primary amides is 1. The van der Waals surface area contributed by atoms with E-state index in [0.29, 0.717) is 13.0 Å². The maximum absolute atomic E-state index is 10.4. The molecule has 0 aliphatic carbocycles. The van der Waals surface area contributed by atoms with Crippen molar-refractivity contribution in [3.05, 3.63) is 22.8 Å². The fraction of sp³-hybridized carbons (Fsp3) is 0.250. The second-order valence-corrected chi connectivity index (χ2v) is 3.42. The predicted molar refractivity (Wildman–Crippen MR) is 54.2 cm³/mol. The van der Waals surface area contributed by atoms with Crippen LogP contribution in [0.15, 0.2) is 22.8 Å². The normalized spacial score (nSPS) is 9.62. The van der Waals surface area contributed by atoms with Gasteiger partial charge in [0, 0.05) is 23.6 Å². The Morgan fingerprint density at radius 2 is 2.38 bits per heavy atom. The molecule has 0 aliphatic heterocycles. The van der Waals surface area contributed by atoms with Crippen LogP contribution < -0.4 is 11.1 Å². The minimum Gasteiger partial charge on any atom is -0.370 e. The van der Waals surface area contributed by atoms with Crippen molar-refractivity contribution in [3.8, 4) is 0 Å². The number of amides is 1. The van der Waals surface area contributed by atoms with Gasteiger partial charge in [0.1, 0.15) is 5.82 Å². The molecule has 1 heterocycles. The van der Waals surface area contributed by atoms with Gasteiger partial charge in [-0.3, -0.25) is 4.79 Å². The standard InChI is InChI=1S/C8H10BrN3O/c9-6-1-2-8(12-5-6)11-4-3-7(10)13/h1-2,5H,3-4H2,(H2,10,13)(H,11,12). The van der Waals surface area contributed by atoms with E-state index in [0.717, 1.165) is 10.3 Å². The van der Waals surface area contributed by atoms with E-state index in [2.05, 4.69) is 26.2 Å². The zero-order valence-electron chi connectivity index (χ0n) is 6.96. The lowest BCUT2D eigenvalue weighted by Gasteiger charge is -2.02. The summed E-state index contributed by atoms with van der Waals surface area (Å²) in [4.78, 5) is 14.5. The summed E-state index contributed by atoms with van der Waals surface area (Å²) in [5.74, 6) is 0.425. The van der Waals surface area contributed by atoms with Gasteiger partial charge in [-0.05, 0) is 28.1 Å². The molecule has 1 aromatic heterocycles. The number of hydrogen-bond donors (Lipinski definition) is 2. The molecule has 1 rings (SSSR count). The molecule has 1 amide bonds. The average Bonchev–Trinajstić information content (AvgIpc) is 2.08. The van der Waals surface area contributed by atoms with Gasteiger partial charge in [-0.2, -0.15) is 0 Å². The van der Waals surface area contributed by atoms with E-state index in [4.69, 9.17) is 5.73 Å². The molecule has 5 heteroatoms. The highest BCUT2D eigenvalue weighted by molar-refractivity contribution is 9.10. The molecule has 0 radical (unpaired) electrons. The van der Waals surface area contributed by atoms with Gasteiger partial charge in [-0.1, -0.05) is 0 Å². The van der Waals surface area contributed by atoms with E-state index in [9.17, 15) is 4.79 Å². The second-order valence-electron chi connectivity index (χ2n) is 2.50. The van der Waals surface area contributed by atoms with Crippen molar-refractivity contribution in [3.63, 3.8) is 0 Å². The Labute approximate surface area is 84.7 Å². The quantitative estimate of drug-likeness (QED) is 0.834. The largest absolute Gasteiger partial charge is 0.370 e. The van der Waals surface area contributed by atoms with Crippen molar-refractivity contribution in [1.29, 1.82) is 0 Å². The lowest BCUT2D eigenvalue weighted by atomic mass is 10.4. The second kappa shape index (κ2) is 4.81. The summed E-state index contributed by atoms with van der Waals surface area (Å²) in [5.41, 5.74) is 4.97. The van der Waals surface area contributed by atoms with Crippen LogP contribution in [0, 0.1) is 0 Å². The van der Waals surface area contributed by atoms with Crippen LogP contribution in [0.3, 0.4) is 0 Å². The Morgan fingerprint density at radius 1 is 1.62 bits per heavy atom. The summed E-state index contributed by atoms with van der Waals surface area (Å²) in [5, 5.41) is 2.97. The van der Waals surface area contributed by atoms with Crippen molar-refractivity contribution in [2.24, 2.45) is 5.73 Å². The number of nitrogens with two attached hydrogens (primary N) is 1. The van der Waals surface area contributed by atoms with Gasteiger partial charge in [-0.15, -0.1) is 0 Å². The number of anilines is 1. The number of nitrogens with one attached hydrogen (secondary N) is 1. The van der Waals surface area contributed by atoms with Crippen LogP contribution in [-0.2, 0) is 4.79 Å². The first kappa shape index (κ1) is 9.98. The molecule has 4 nitrogen and oxygen atoms in total. The van der Waals surface area contributed by atoms with Crippen LogP contribution in [0.5, 0.6) is 0 Å². The first-order valence-electron chi connectivity index (χ1n) is 3.82. The van der Waals surface area contributed by atoms with Crippen molar-refractivity contribution in [1.82, 2.24) is 4.98 Å². The fourth-order valence-corrected chi connectivity index (χ4v) is 1.03. The number of carbonyl (C=O) groups is 1. The SMILES string of the molecule is NC(=O)CCNc1ccc(Br)cn1. The highest BCUT2D eigenvalue weighted by Crippen LogP contribution is 2.09. The summed E-state index contributed by atoms with van der Waals surface area (Å²) >= 11 is 3.27. The van der Waals surface area contributed by atoms with E-state index in [1.54, 1.807) is 6.20 Å². The number of carbonyl (C=O) groups excluding carboxylic acids is 1. The van der Waals surface area contributed by atoms with E-state index in [1.807, 2.05) is 12.1 Å². The number of hydrogen-bond acceptors (Lipinski definition) is 3. The minimum absolute atomic E-state index is 0.315. The Bertz CT molecular complexity index is 286. The average molecular weight is 244 g/mol. The molecule has 3 N–H and O–H groups in total. The van der Waals surface area contributed by atoms with Crippen LogP contribution in [0.4, 0.5) is 5.82 Å². The predicted octanol–water partition coefficient (Wildman–Crippen LogP) is 1.13. The molecule has 1 aromatic rings. The van der Waals surface area contributed by atoms with Crippen LogP contribution in [0.25, 0.3) is 0 Å². The molecule has 70 valence electrons. The topological polar surface area (TPSA) is 68.0 Å². The summed E-state index contributed by atoms with van der Waals surface area (Å²) in [6.45, 7) is 0.518. The van der Waals surface area contributed by atoms with Crippen molar-refractivity contribution in [2.75, 3.05) is 11.9 Å². The lowest BCUT2D eigenvalue weighted by Crippen LogP contribution is -2.16. The summed E-state index contributed by atoms with van der Waals surface area (Å²) in [6, 6.07) is 3.70. The molecular formula is C8H10BrN3O. The third-order valence-electron chi connectivity index (χ3n) is 1.40. The highest BCUT2D eigenvalue weighted by atomic mass is 79.9. The molecule has 0 aromatic carbocycles.